The van der Waals surface area contributed by atoms with Crippen LogP contribution in [-0.4, -0.2) is 23.0 Å². The minimum atomic E-state index is -0.397. The smallest absolute Gasteiger partial charge is 0.271 e. The van der Waals surface area contributed by atoms with Gasteiger partial charge in [-0.1, -0.05) is 18.2 Å². The van der Waals surface area contributed by atoms with Crippen molar-refractivity contribution in [2.24, 2.45) is 0 Å². The molecule has 3 rings (SSSR count). The molecule has 1 aromatic heterocycles. The predicted molar refractivity (Wildman–Crippen MR) is 105 cm³/mol. The van der Waals surface area contributed by atoms with Crippen LogP contribution in [0.25, 0.3) is 22.4 Å². The number of fused-ring (bicyclic) bond motifs is 1. The molecule has 1 heterocycles. The van der Waals surface area contributed by atoms with E-state index in [-0.39, 0.29) is 5.69 Å². The van der Waals surface area contributed by atoms with E-state index in [9.17, 15) is 10.1 Å². The number of benzene rings is 2. The lowest BCUT2D eigenvalue weighted by Gasteiger charge is -2.20. The van der Waals surface area contributed by atoms with Crippen molar-refractivity contribution in [1.29, 1.82) is 0 Å². The number of hydrogen-bond donors (Lipinski definition) is 0. The van der Waals surface area contributed by atoms with Gasteiger partial charge in [-0.3, -0.25) is 10.1 Å². The van der Waals surface area contributed by atoms with Crippen molar-refractivity contribution in [1.82, 2.24) is 4.98 Å². The van der Waals surface area contributed by atoms with Crippen LogP contribution in [0.15, 0.2) is 42.5 Å². The lowest BCUT2D eigenvalue weighted by Crippen LogP contribution is -2.21. The van der Waals surface area contributed by atoms with Gasteiger partial charge in [0.1, 0.15) is 5.01 Å². The monoisotopic (exact) mass is 353 g/mol. The van der Waals surface area contributed by atoms with Crippen molar-refractivity contribution in [3.8, 4) is 0 Å². The molecular formula is C19H19N3O2S. The molecule has 2 aromatic carbocycles. The van der Waals surface area contributed by atoms with Crippen LogP contribution < -0.4 is 4.90 Å². The molecule has 0 bridgehead atoms. The Kier molecular flexibility index (Phi) is 5.09. The second kappa shape index (κ2) is 7.44. The second-order valence-electron chi connectivity index (χ2n) is 5.56. The van der Waals surface area contributed by atoms with Gasteiger partial charge < -0.3 is 4.90 Å². The summed E-state index contributed by atoms with van der Waals surface area (Å²) in [5.41, 5.74) is 3.05. The first-order chi connectivity index (χ1) is 12.1. The molecule has 0 aliphatic carbocycles. The largest absolute Gasteiger partial charge is 0.372 e. The number of non-ortho nitro benzene ring substituents is 1. The Morgan fingerprint density at radius 1 is 1.12 bits per heavy atom. The van der Waals surface area contributed by atoms with E-state index in [0.29, 0.717) is 5.52 Å². The zero-order chi connectivity index (χ0) is 17.8. The first-order valence-corrected chi connectivity index (χ1v) is 9.00. The Morgan fingerprint density at radius 2 is 1.84 bits per heavy atom. The summed E-state index contributed by atoms with van der Waals surface area (Å²) in [7, 11) is 0. The molecule has 0 unspecified atom stereocenters. The zero-order valence-corrected chi connectivity index (χ0v) is 15.0. The van der Waals surface area contributed by atoms with E-state index >= 15 is 0 Å². The number of nitrogens with zero attached hydrogens (tertiary/aromatic N) is 3. The molecule has 0 amide bonds. The summed E-state index contributed by atoms with van der Waals surface area (Å²) in [5, 5.41) is 11.7. The summed E-state index contributed by atoms with van der Waals surface area (Å²) in [4.78, 5) is 17.2. The molecule has 0 spiro atoms. The SMILES string of the molecule is CCN(CC)c1ccc(/C=C\c2nc3cc([N+](=O)[O-])ccc3s2)cc1. The Labute approximate surface area is 150 Å². The first-order valence-electron chi connectivity index (χ1n) is 8.18. The third-order valence-electron chi connectivity index (χ3n) is 4.04. The Hall–Kier alpha value is -2.73. The molecule has 0 aliphatic rings. The summed E-state index contributed by atoms with van der Waals surface area (Å²) in [5.74, 6) is 0. The highest BCUT2D eigenvalue weighted by atomic mass is 32.1. The average Bonchev–Trinajstić information content (AvgIpc) is 3.04. The third kappa shape index (κ3) is 3.85. The number of anilines is 1. The van der Waals surface area contributed by atoms with E-state index < -0.39 is 4.92 Å². The van der Waals surface area contributed by atoms with Gasteiger partial charge in [-0.25, -0.2) is 4.98 Å². The van der Waals surface area contributed by atoms with E-state index in [1.807, 2.05) is 12.2 Å². The van der Waals surface area contributed by atoms with Crippen LogP contribution in [0.5, 0.6) is 0 Å². The molecule has 6 heteroatoms. The summed E-state index contributed by atoms with van der Waals surface area (Å²) < 4.78 is 0.946. The molecule has 0 aliphatic heterocycles. The summed E-state index contributed by atoms with van der Waals surface area (Å²) in [6, 6.07) is 13.2. The van der Waals surface area contributed by atoms with Crippen LogP contribution in [-0.2, 0) is 0 Å². The highest BCUT2D eigenvalue weighted by Gasteiger charge is 2.09. The lowest BCUT2D eigenvalue weighted by molar-refractivity contribution is -0.384. The van der Waals surface area contributed by atoms with E-state index in [1.54, 1.807) is 6.07 Å². The molecule has 3 aromatic rings. The molecular weight excluding hydrogens is 334 g/mol. The van der Waals surface area contributed by atoms with Crippen LogP contribution in [0.3, 0.4) is 0 Å². The van der Waals surface area contributed by atoms with Gasteiger partial charge in [0.15, 0.2) is 0 Å². The first kappa shape index (κ1) is 17.1. The van der Waals surface area contributed by atoms with Crippen LogP contribution in [0.2, 0.25) is 0 Å². The molecule has 0 saturated heterocycles. The van der Waals surface area contributed by atoms with Crippen LogP contribution in [0.4, 0.5) is 11.4 Å². The number of hydrogen-bond acceptors (Lipinski definition) is 5. The molecule has 0 radical (unpaired) electrons. The maximum absolute atomic E-state index is 10.8. The number of aromatic nitrogens is 1. The van der Waals surface area contributed by atoms with Gasteiger partial charge in [0.25, 0.3) is 5.69 Å². The van der Waals surface area contributed by atoms with Gasteiger partial charge in [-0.05, 0) is 43.7 Å². The van der Waals surface area contributed by atoms with E-state index in [0.717, 1.165) is 28.4 Å². The second-order valence-corrected chi connectivity index (χ2v) is 6.62. The van der Waals surface area contributed by atoms with E-state index in [2.05, 4.69) is 48.0 Å². The minimum Gasteiger partial charge on any atom is -0.372 e. The van der Waals surface area contributed by atoms with Crippen molar-refractivity contribution in [2.75, 3.05) is 18.0 Å². The van der Waals surface area contributed by atoms with Gasteiger partial charge >= 0.3 is 0 Å². The topological polar surface area (TPSA) is 59.3 Å². The highest BCUT2D eigenvalue weighted by molar-refractivity contribution is 7.19. The molecule has 5 nitrogen and oxygen atoms in total. The van der Waals surface area contributed by atoms with E-state index in [1.165, 1.54) is 29.2 Å². The molecule has 0 atom stereocenters. The predicted octanol–water partition coefficient (Wildman–Crippen LogP) is 5.22. The third-order valence-corrected chi connectivity index (χ3v) is 5.04. The van der Waals surface area contributed by atoms with Gasteiger partial charge in [0, 0.05) is 30.9 Å². The van der Waals surface area contributed by atoms with Gasteiger partial charge in [-0.2, -0.15) is 0 Å². The van der Waals surface area contributed by atoms with Gasteiger partial charge in [0.2, 0.25) is 0 Å². The summed E-state index contributed by atoms with van der Waals surface area (Å²) >= 11 is 1.52. The Morgan fingerprint density at radius 3 is 2.48 bits per heavy atom. The fourth-order valence-electron chi connectivity index (χ4n) is 2.67. The quantitative estimate of drug-likeness (QED) is 0.450. The maximum Gasteiger partial charge on any atom is 0.271 e. The number of thiazole rings is 1. The standard InChI is InChI=1S/C19H19N3O2S/c1-3-21(4-2)15-8-5-14(6-9-15)7-12-19-20-17-13-16(22(23)24)10-11-18(17)25-19/h5-13H,3-4H2,1-2H3/b12-7-. The maximum atomic E-state index is 10.8. The van der Waals surface area contributed by atoms with Crippen molar-refractivity contribution in [3.63, 3.8) is 0 Å². The molecule has 128 valence electrons. The molecule has 0 N–H and O–H groups in total. The molecule has 25 heavy (non-hydrogen) atoms. The van der Waals surface area contributed by atoms with Gasteiger partial charge in [-0.15, -0.1) is 11.3 Å². The van der Waals surface area contributed by atoms with Crippen molar-refractivity contribution < 1.29 is 4.92 Å². The lowest BCUT2D eigenvalue weighted by atomic mass is 10.2. The fourth-order valence-corrected chi connectivity index (χ4v) is 3.52. The Balaban J connectivity index is 1.79. The van der Waals surface area contributed by atoms with Crippen molar-refractivity contribution in [3.05, 3.63) is 63.1 Å². The minimum absolute atomic E-state index is 0.0697. The number of nitro benzene ring substituents is 1. The van der Waals surface area contributed by atoms with Crippen molar-refractivity contribution in [2.45, 2.75) is 13.8 Å². The van der Waals surface area contributed by atoms with Crippen molar-refractivity contribution >= 4 is 45.1 Å². The van der Waals surface area contributed by atoms with Gasteiger partial charge in [0.05, 0.1) is 15.1 Å². The van der Waals surface area contributed by atoms with Crippen LogP contribution >= 0.6 is 11.3 Å². The highest BCUT2D eigenvalue weighted by Crippen LogP contribution is 2.27. The number of rotatable bonds is 6. The summed E-state index contributed by atoms with van der Waals surface area (Å²) in [6.45, 7) is 6.27. The Bertz CT molecular complexity index is 912. The molecule has 0 saturated carbocycles. The normalized spacial score (nSPS) is 11.3. The molecule has 0 fully saturated rings. The number of nitro groups is 1. The fraction of sp³-hybridized carbons (Fsp3) is 0.211. The zero-order valence-electron chi connectivity index (χ0n) is 14.2. The van der Waals surface area contributed by atoms with Crippen LogP contribution in [0, 0.1) is 10.1 Å². The average molecular weight is 353 g/mol. The van der Waals surface area contributed by atoms with Crippen LogP contribution in [0.1, 0.15) is 24.4 Å². The summed E-state index contributed by atoms with van der Waals surface area (Å²) in [6.07, 6.45) is 3.96. The van der Waals surface area contributed by atoms with E-state index in [4.69, 9.17) is 0 Å².